The van der Waals surface area contributed by atoms with Gasteiger partial charge in [-0.2, -0.15) is 0 Å². The van der Waals surface area contributed by atoms with Crippen LogP contribution in [0.25, 0.3) is 0 Å². The third-order valence-corrected chi connectivity index (χ3v) is 10.2. The summed E-state index contributed by atoms with van der Waals surface area (Å²) >= 11 is 0. The zero-order valence-electron chi connectivity index (χ0n) is 33.0. The molecule has 2 aliphatic heterocycles. The van der Waals surface area contributed by atoms with Crippen molar-refractivity contribution in [3.8, 4) is 0 Å². The lowest BCUT2D eigenvalue weighted by Gasteiger charge is -2.28. The zero-order chi connectivity index (χ0) is 39.1. The number of nitrogens with one attached hydrogen (secondary N) is 4. The molecule has 0 aromatic heterocycles. The number of hydrogen-bond donors (Lipinski definition) is 4. The highest BCUT2D eigenvalue weighted by molar-refractivity contribution is 5.98. The normalized spacial score (nSPS) is 19.3. The number of piperidine rings is 1. The van der Waals surface area contributed by atoms with Gasteiger partial charge in [0.1, 0.15) is 23.7 Å². The van der Waals surface area contributed by atoms with E-state index in [-0.39, 0.29) is 29.9 Å². The molecule has 2 heterocycles. The second kappa shape index (κ2) is 21.1. The van der Waals surface area contributed by atoms with Gasteiger partial charge in [-0.3, -0.25) is 24.0 Å². The number of Topliss-reactive ketones (excluding diaryl/α,β-unsaturated/α-hetero) is 1. The third-order valence-electron chi connectivity index (χ3n) is 10.2. The van der Waals surface area contributed by atoms with Gasteiger partial charge in [0.25, 0.3) is 0 Å². The van der Waals surface area contributed by atoms with E-state index in [0.29, 0.717) is 45.1 Å². The van der Waals surface area contributed by atoms with Crippen LogP contribution in [0.3, 0.4) is 0 Å². The summed E-state index contributed by atoms with van der Waals surface area (Å²) in [5.41, 5.74) is 0.949. The van der Waals surface area contributed by atoms with Gasteiger partial charge < -0.3 is 30.9 Å². The molecule has 4 rings (SSSR count). The van der Waals surface area contributed by atoms with Crippen LogP contribution in [0.15, 0.2) is 60.7 Å². The second-order valence-electron chi connectivity index (χ2n) is 16.2. The molecular weight excluding hydrogens is 683 g/mol. The van der Waals surface area contributed by atoms with Gasteiger partial charge in [0.15, 0.2) is 5.78 Å². The van der Waals surface area contributed by atoms with Crippen molar-refractivity contribution >= 4 is 29.4 Å². The fourth-order valence-corrected chi connectivity index (χ4v) is 7.04. The molecule has 0 unspecified atom stereocenters. The summed E-state index contributed by atoms with van der Waals surface area (Å²) in [4.78, 5) is 71.1. The van der Waals surface area contributed by atoms with E-state index in [0.717, 1.165) is 30.8 Å². The first-order chi connectivity index (χ1) is 25.8. The molecule has 296 valence electrons. The first-order valence-electron chi connectivity index (χ1n) is 20.0. The van der Waals surface area contributed by atoms with Crippen molar-refractivity contribution in [2.45, 2.75) is 129 Å². The van der Waals surface area contributed by atoms with Crippen molar-refractivity contribution in [1.29, 1.82) is 0 Å². The highest BCUT2D eigenvalue weighted by Crippen LogP contribution is 2.29. The van der Waals surface area contributed by atoms with Crippen LogP contribution in [0.1, 0.15) is 97.1 Å². The van der Waals surface area contributed by atoms with Crippen LogP contribution in [-0.2, 0) is 41.6 Å². The molecule has 0 radical (unpaired) electrons. The number of aryl methyl sites for hydroxylation is 1. The number of rotatable bonds is 22. The van der Waals surface area contributed by atoms with Gasteiger partial charge in [-0.05, 0) is 94.5 Å². The Morgan fingerprint density at radius 1 is 0.685 bits per heavy atom. The molecule has 54 heavy (non-hydrogen) atoms. The molecule has 5 atom stereocenters. The van der Waals surface area contributed by atoms with Gasteiger partial charge in [0.05, 0.1) is 12.6 Å². The Hall–Kier alpha value is -4.09. The van der Waals surface area contributed by atoms with Crippen LogP contribution in [0.2, 0.25) is 0 Å². The van der Waals surface area contributed by atoms with E-state index in [4.69, 9.17) is 4.74 Å². The number of ether oxygens (including phenoxy) is 1. The molecule has 2 fully saturated rings. The number of likely N-dealkylation sites (tertiary alicyclic amines) is 1. The summed E-state index contributed by atoms with van der Waals surface area (Å²) in [5, 5.41) is 11.8. The Morgan fingerprint density at radius 3 is 1.80 bits per heavy atom. The monoisotopic (exact) mass is 745 g/mol. The molecule has 2 saturated heterocycles. The molecule has 0 spiro atoms. The largest absolute Gasteiger partial charge is 0.361 e. The minimum atomic E-state index is -1.02. The van der Waals surface area contributed by atoms with Gasteiger partial charge in [-0.15, -0.1) is 0 Å². The summed E-state index contributed by atoms with van der Waals surface area (Å²) in [6.07, 6.45) is 6.48. The molecule has 2 aliphatic rings. The van der Waals surface area contributed by atoms with E-state index < -0.39 is 47.5 Å². The lowest BCUT2D eigenvalue weighted by Crippen LogP contribution is -2.59. The number of nitrogens with zero attached hydrogens (tertiary/aromatic N) is 1. The average Bonchev–Trinajstić information content (AvgIpc) is 3.91. The minimum absolute atomic E-state index is 0.0296. The van der Waals surface area contributed by atoms with Crippen LogP contribution < -0.4 is 21.3 Å². The molecule has 0 saturated carbocycles. The van der Waals surface area contributed by atoms with Crippen LogP contribution in [0, 0.1) is 11.8 Å². The maximum atomic E-state index is 14.1. The molecule has 2 aromatic carbocycles. The van der Waals surface area contributed by atoms with E-state index >= 15 is 0 Å². The molecule has 11 nitrogen and oxygen atoms in total. The minimum Gasteiger partial charge on any atom is -0.361 e. The molecule has 2 aromatic rings. The fraction of sp³-hybridized carbons (Fsp3) is 0.605. The summed E-state index contributed by atoms with van der Waals surface area (Å²) in [5.74, 6) is -1.66. The number of ketones is 1. The molecule has 0 aliphatic carbocycles. The number of amides is 4. The van der Waals surface area contributed by atoms with E-state index in [1.807, 2.05) is 88.4 Å². The smallest absolute Gasteiger partial charge is 0.243 e. The molecule has 0 bridgehead atoms. The number of hydrogen-bond acceptors (Lipinski definition) is 7. The number of benzene rings is 2. The lowest BCUT2D eigenvalue weighted by molar-refractivity contribution is -0.135. The zero-order valence-corrected chi connectivity index (χ0v) is 33.0. The lowest BCUT2D eigenvalue weighted by atomic mass is 9.93. The predicted octanol–water partition coefficient (Wildman–Crippen LogP) is 4.52. The standard InChI is InChI=1S/C43H63N5O6/c1-30(2)26-35(39(50)43(5)29-54-43)45-42(53)37(28-33-18-11-7-12-19-33)47-41(52)36(27-31(3)4)46-40(51)34(22-21-32-16-9-6-10-17-32)44-38(49)20-15-25-48-23-13-8-14-24-48/h6-7,9-12,16-19,30-31,34-37H,8,13-15,20-29H2,1-5H3,(H,44,49)(H,45,53)(H,46,51)(H,47,52)/t34-,35-,36-,37-,43+/m0/s1. The van der Waals surface area contributed by atoms with Crippen molar-refractivity contribution in [3.63, 3.8) is 0 Å². The van der Waals surface area contributed by atoms with Crippen molar-refractivity contribution in [3.05, 3.63) is 71.8 Å². The molecule has 4 N–H and O–H groups in total. The Balaban J connectivity index is 1.48. The van der Waals surface area contributed by atoms with E-state index in [1.165, 1.54) is 19.3 Å². The summed E-state index contributed by atoms with van der Waals surface area (Å²) in [7, 11) is 0. The van der Waals surface area contributed by atoms with Crippen molar-refractivity contribution in [2.24, 2.45) is 11.8 Å². The maximum absolute atomic E-state index is 14.1. The maximum Gasteiger partial charge on any atom is 0.243 e. The van der Waals surface area contributed by atoms with E-state index in [1.54, 1.807) is 6.92 Å². The Morgan fingerprint density at radius 2 is 1.20 bits per heavy atom. The van der Waals surface area contributed by atoms with Crippen molar-refractivity contribution < 1.29 is 28.7 Å². The highest BCUT2D eigenvalue weighted by atomic mass is 16.6. The topological polar surface area (TPSA) is 149 Å². The van der Waals surface area contributed by atoms with Gasteiger partial charge >= 0.3 is 0 Å². The van der Waals surface area contributed by atoms with Crippen molar-refractivity contribution in [1.82, 2.24) is 26.2 Å². The number of carbonyl (C=O) groups is 5. The molecular formula is C43H63N5O6. The Kier molecular flexibility index (Phi) is 16.7. The van der Waals surface area contributed by atoms with Gasteiger partial charge in [0.2, 0.25) is 23.6 Å². The Bertz CT molecular complexity index is 1510. The fourth-order valence-electron chi connectivity index (χ4n) is 7.04. The first-order valence-corrected chi connectivity index (χ1v) is 20.0. The van der Waals surface area contributed by atoms with E-state index in [9.17, 15) is 24.0 Å². The van der Waals surface area contributed by atoms with Gasteiger partial charge in [-0.25, -0.2) is 0 Å². The Labute approximate surface area is 322 Å². The highest BCUT2D eigenvalue weighted by Gasteiger charge is 2.50. The summed E-state index contributed by atoms with van der Waals surface area (Å²) in [6, 6.07) is 15.5. The van der Waals surface area contributed by atoms with Crippen molar-refractivity contribution in [2.75, 3.05) is 26.2 Å². The van der Waals surface area contributed by atoms with Crippen LogP contribution >= 0.6 is 0 Å². The third kappa shape index (κ3) is 14.3. The average molecular weight is 746 g/mol. The van der Waals surface area contributed by atoms with Crippen LogP contribution in [0.5, 0.6) is 0 Å². The van der Waals surface area contributed by atoms with E-state index in [2.05, 4.69) is 26.2 Å². The second-order valence-corrected chi connectivity index (χ2v) is 16.2. The summed E-state index contributed by atoms with van der Waals surface area (Å²) < 4.78 is 5.42. The predicted molar refractivity (Wildman–Crippen MR) is 210 cm³/mol. The summed E-state index contributed by atoms with van der Waals surface area (Å²) in [6.45, 7) is 12.9. The van der Waals surface area contributed by atoms with Gasteiger partial charge in [-0.1, -0.05) is 94.8 Å². The molecule has 4 amide bonds. The SMILES string of the molecule is CC(C)C[C@H](NC(=O)[C@H](CCc1ccccc1)NC(=O)CCCN1CCCCC1)C(=O)N[C@@H](Cc1ccccc1)C(=O)N[C@@H](CC(C)C)C(=O)[C@@]1(C)CO1. The van der Waals surface area contributed by atoms with Crippen LogP contribution in [-0.4, -0.2) is 90.3 Å². The number of epoxide rings is 1. The van der Waals surface area contributed by atoms with Gasteiger partial charge in [0, 0.05) is 12.8 Å². The quantitative estimate of drug-likeness (QED) is 0.130. The molecule has 11 heteroatoms. The van der Waals surface area contributed by atoms with Crippen LogP contribution in [0.4, 0.5) is 0 Å². The number of carbonyl (C=O) groups excluding carboxylic acids is 5. The first kappa shape index (κ1) is 42.6.